The summed E-state index contributed by atoms with van der Waals surface area (Å²) in [5.74, 6) is -2.38. The first-order valence-corrected chi connectivity index (χ1v) is 12.2. The van der Waals surface area contributed by atoms with Crippen molar-refractivity contribution in [1.82, 2.24) is 20.0 Å². The van der Waals surface area contributed by atoms with E-state index < -0.39 is 26.4 Å². The molecular formula is C22H23F2N5O4S. The van der Waals surface area contributed by atoms with Gasteiger partial charge in [0.2, 0.25) is 21.6 Å². The fourth-order valence-corrected chi connectivity index (χ4v) is 4.51. The summed E-state index contributed by atoms with van der Waals surface area (Å²) in [5.41, 5.74) is 0.463. The molecule has 0 radical (unpaired) electrons. The fourth-order valence-electron chi connectivity index (χ4n) is 3.59. The molecule has 0 atom stereocenters. The van der Waals surface area contributed by atoms with Crippen LogP contribution in [-0.4, -0.2) is 66.3 Å². The van der Waals surface area contributed by atoms with Crippen molar-refractivity contribution in [3.63, 3.8) is 0 Å². The van der Waals surface area contributed by atoms with Crippen LogP contribution in [0.1, 0.15) is 36.0 Å². The number of hydrogen-bond donors (Lipinski definition) is 0. The van der Waals surface area contributed by atoms with Crippen molar-refractivity contribution >= 4 is 21.6 Å². The lowest BCUT2D eigenvalue weighted by Crippen LogP contribution is -2.49. The van der Waals surface area contributed by atoms with E-state index in [1.165, 1.54) is 23.1 Å². The Bertz CT molecular complexity index is 1270. The Balaban J connectivity index is 1.43. The van der Waals surface area contributed by atoms with E-state index in [1.54, 1.807) is 6.20 Å². The van der Waals surface area contributed by atoms with Gasteiger partial charge in [0.15, 0.2) is 0 Å². The number of carbonyl (C=O) groups excluding carboxylic acids is 1. The second-order valence-electron chi connectivity index (χ2n) is 8.10. The molecule has 3 aromatic rings. The highest BCUT2D eigenvalue weighted by Crippen LogP contribution is 2.25. The monoisotopic (exact) mass is 491 g/mol. The largest absolute Gasteiger partial charge is 0.353 e. The maximum absolute atomic E-state index is 13.1. The van der Waals surface area contributed by atoms with Gasteiger partial charge in [-0.3, -0.25) is 4.79 Å². The van der Waals surface area contributed by atoms with Gasteiger partial charge in [-0.05, 0) is 24.3 Å². The van der Waals surface area contributed by atoms with E-state index in [0.717, 1.165) is 6.07 Å². The van der Waals surface area contributed by atoms with Crippen molar-refractivity contribution in [2.75, 3.05) is 31.1 Å². The Hall–Kier alpha value is -3.41. The molecule has 3 heterocycles. The van der Waals surface area contributed by atoms with Gasteiger partial charge in [0.25, 0.3) is 5.91 Å². The Kier molecular flexibility index (Phi) is 6.60. The molecule has 1 aromatic carbocycles. The lowest BCUT2D eigenvalue weighted by atomic mass is 10.1. The minimum Gasteiger partial charge on any atom is -0.353 e. The molecule has 0 saturated carbocycles. The third-order valence-corrected chi connectivity index (χ3v) is 6.93. The van der Waals surface area contributed by atoms with Crippen molar-refractivity contribution in [3.05, 3.63) is 54.0 Å². The molecule has 0 N–H and O–H groups in total. The van der Waals surface area contributed by atoms with Gasteiger partial charge in [-0.25, -0.2) is 13.4 Å². The highest BCUT2D eigenvalue weighted by atomic mass is 32.2. The molecular weight excluding hydrogens is 468 g/mol. The van der Waals surface area contributed by atoms with Crippen molar-refractivity contribution in [2.24, 2.45) is 0 Å². The smallest absolute Gasteiger partial charge is 0.341 e. The zero-order valence-electron chi connectivity index (χ0n) is 18.6. The number of alkyl halides is 2. The van der Waals surface area contributed by atoms with Crippen LogP contribution in [0.4, 0.5) is 14.6 Å². The maximum atomic E-state index is 13.1. The van der Waals surface area contributed by atoms with Crippen molar-refractivity contribution < 1.29 is 26.5 Å². The number of sulfone groups is 1. The first-order chi connectivity index (χ1) is 16.2. The van der Waals surface area contributed by atoms with Crippen LogP contribution < -0.4 is 4.90 Å². The van der Waals surface area contributed by atoms with Crippen LogP contribution in [0, 0.1) is 0 Å². The van der Waals surface area contributed by atoms with Gasteiger partial charge in [-0.2, -0.15) is 13.8 Å². The van der Waals surface area contributed by atoms with Crippen LogP contribution in [0.15, 0.2) is 52.0 Å². The van der Waals surface area contributed by atoms with Crippen molar-refractivity contribution in [3.8, 4) is 11.4 Å². The number of carbonyl (C=O) groups is 1. The number of rotatable bonds is 6. The molecule has 4 rings (SSSR count). The lowest BCUT2D eigenvalue weighted by molar-refractivity contribution is 0.0742. The van der Waals surface area contributed by atoms with Crippen molar-refractivity contribution in [1.29, 1.82) is 0 Å². The second kappa shape index (κ2) is 9.45. The molecule has 34 heavy (non-hydrogen) atoms. The van der Waals surface area contributed by atoms with E-state index >= 15 is 0 Å². The highest BCUT2D eigenvalue weighted by Gasteiger charge is 2.33. The molecule has 9 nitrogen and oxygen atoms in total. The number of piperazine rings is 1. The highest BCUT2D eigenvalue weighted by molar-refractivity contribution is 7.91. The first-order valence-electron chi connectivity index (χ1n) is 10.6. The van der Waals surface area contributed by atoms with Gasteiger partial charge in [-0.1, -0.05) is 31.1 Å². The Labute approximate surface area is 195 Å². The van der Waals surface area contributed by atoms with E-state index in [9.17, 15) is 22.0 Å². The quantitative estimate of drug-likeness (QED) is 0.517. The van der Waals surface area contributed by atoms with E-state index in [-0.39, 0.29) is 24.6 Å². The molecule has 180 valence electrons. The van der Waals surface area contributed by atoms with Crippen LogP contribution in [0.25, 0.3) is 11.4 Å². The molecule has 1 aliphatic rings. The molecule has 1 aliphatic heterocycles. The third kappa shape index (κ3) is 4.63. The number of nitrogens with zero attached hydrogens (tertiary/aromatic N) is 5. The molecule has 12 heteroatoms. The summed E-state index contributed by atoms with van der Waals surface area (Å²) >= 11 is 0. The van der Waals surface area contributed by atoms with E-state index in [2.05, 4.69) is 15.1 Å². The molecule has 0 unspecified atom stereocenters. The van der Waals surface area contributed by atoms with Gasteiger partial charge in [0.1, 0.15) is 5.82 Å². The molecule has 1 amide bonds. The summed E-state index contributed by atoms with van der Waals surface area (Å²) in [4.78, 5) is 24.5. The fraction of sp³-hybridized carbons (Fsp3) is 0.364. The van der Waals surface area contributed by atoms with Gasteiger partial charge in [0, 0.05) is 43.9 Å². The van der Waals surface area contributed by atoms with Gasteiger partial charge >= 0.3 is 5.76 Å². The summed E-state index contributed by atoms with van der Waals surface area (Å²) < 4.78 is 55.3. The molecule has 1 fully saturated rings. The van der Waals surface area contributed by atoms with Crippen LogP contribution in [0.3, 0.4) is 0 Å². The van der Waals surface area contributed by atoms with Crippen LogP contribution in [-0.2, 0) is 9.84 Å². The van der Waals surface area contributed by atoms with E-state index in [0.29, 0.717) is 36.2 Å². The predicted octanol–water partition coefficient (Wildman–Crippen LogP) is 3.21. The summed E-state index contributed by atoms with van der Waals surface area (Å²) in [5, 5.41) is 3.97. The normalized spacial score (nSPS) is 14.8. The number of benzene rings is 1. The van der Waals surface area contributed by atoms with Crippen LogP contribution in [0.2, 0.25) is 0 Å². The topological polar surface area (TPSA) is 110 Å². The molecule has 0 spiro atoms. The summed E-state index contributed by atoms with van der Waals surface area (Å²) in [6.45, 7) is 5.38. The Morgan fingerprint density at radius 2 is 1.76 bits per heavy atom. The Morgan fingerprint density at radius 1 is 1.06 bits per heavy atom. The molecule has 0 bridgehead atoms. The SMILES string of the molecule is CC(C)c1nc(-c2ccc(N3CCN(C(=O)c4ccccc4S(=O)(=O)C(F)F)CC3)nc2)no1. The number of halogens is 2. The van der Waals surface area contributed by atoms with Gasteiger partial charge in [0.05, 0.1) is 10.5 Å². The minimum absolute atomic E-state index is 0.120. The molecule has 2 aromatic heterocycles. The molecule has 1 saturated heterocycles. The van der Waals surface area contributed by atoms with E-state index in [4.69, 9.17) is 4.52 Å². The lowest BCUT2D eigenvalue weighted by Gasteiger charge is -2.35. The number of pyridine rings is 1. The van der Waals surface area contributed by atoms with Gasteiger partial charge in [-0.15, -0.1) is 0 Å². The van der Waals surface area contributed by atoms with Crippen LogP contribution >= 0.6 is 0 Å². The van der Waals surface area contributed by atoms with E-state index in [1.807, 2.05) is 30.9 Å². The Morgan fingerprint density at radius 3 is 2.35 bits per heavy atom. The maximum Gasteiger partial charge on any atom is 0.341 e. The second-order valence-corrected chi connectivity index (χ2v) is 9.98. The van der Waals surface area contributed by atoms with Crippen molar-refractivity contribution in [2.45, 2.75) is 30.4 Å². The zero-order chi connectivity index (χ0) is 24.5. The summed E-state index contributed by atoms with van der Waals surface area (Å²) in [7, 11) is -4.89. The number of anilines is 1. The first kappa shape index (κ1) is 23.7. The number of amides is 1. The number of hydrogen-bond acceptors (Lipinski definition) is 8. The third-order valence-electron chi connectivity index (χ3n) is 5.49. The standard InChI is InChI=1S/C22H23F2N5O4S/c1-14(2)20-26-19(27-33-20)15-7-8-18(25-13-15)28-9-11-29(12-10-28)21(30)16-5-3-4-6-17(16)34(31,32)22(23)24/h3-8,13-14,22H,9-12H2,1-2H3. The van der Waals surface area contributed by atoms with Crippen LogP contribution in [0.5, 0.6) is 0 Å². The molecule has 0 aliphatic carbocycles. The average molecular weight is 492 g/mol. The predicted molar refractivity (Wildman–Crippen MR) is 119 cm³/mol. The number of aromatic nitrogens is 3. The summed E-state index contributed by atoms with van der Waals surface area (Å²) in [6, 6.07) is 8.71. The minimum atomic E-state index is -4.89. The van der Waals surface area contributed by atoms with Gasteiger partial charge < -0.3 is 14.3 Å². The zero-order valence-corrected chi connectivity index (χ0v) is 19.4. The average Bonchev–Trinajstić information content (AvgIpc) is 3.35. The summed E-state index contributed by atoms with van der Waals surface area (Å²) in [6.07, 6.45) is 1.65.